The number of azo groups is 1. The van der Waals surface area contributed by atoms with Gasteiger partial charge in [0.05, 0.1) is 35.5 Å². The van der Waals surface area contributed by atoms with E-state index in [-0.39, 0.29) is 57.9 Å². The van der Waals surface area contributed by atoms with Crippen molar-refractivity contribution >= 4 is 22.9 Å². The molecule has 0 amide bonds. The van der Waals surface area contributed by atoms with E-state index in [1.54, 1.807) is 6.07 Å². The highest BCUT2D eigenvalue weighted by Gasteiger charge is 2.36. The van der Waals surface area contributed by atoms with Crippen LogP contribution in [0.5, 0.6) is 17.4 Å². The summed E-state index contributed by atoms with van der Waals surface area (Å²) in [5.74, 6) is -2.91. The fraction of sp³-hybridized carbons (Fsp3) is 0.167. The van der Waals surface area contributed by atoms with Crippen molar-refractivity contribution in [2.45, 2.75) is 13.5 Å². The molecule has 1 aliphatic rings. The Morgan fingerprint density at radius 2 is 1.63 bits per heavy atom. The molecule has 0 spiro atoms. The van der Waals surface area contributed by atoms with E-state index in [0.717, 1.165) is 16.7 Å². The van der Waals surface area contributed by atoms with Crippen molar-refractivity contribution in [3.63, 3.8) is 0 Å². The Bertz CT molecular complexity index is 1550. The van der Waals surface area contributed by atoms with Crippen molar-refractivity contribution in [2.24, 2.45) is 10.2 Å². The van der Waals surface area contributed by atoms with Crippen LogP contribution in [0.4, 0.5) is 11.4 Å². The number of nitrogens with zero attached hydrogens (tertiary/aromatic N) is 4. The van der Waals surface area contributed by atoms with E-state index in [9.17, 15) is 35.0 Å². The maximum absolute atomic E-state index is 13.2. The van der Waals surface area contributed by atoms with Gasteiger partial charge in [-0.05, 0) is 25.1 Å². The lowest BCUT2D eigenvalue weighted by Gasteiger charge is -2.20. The second-order valence-corrected chi connectivity index (χ2v) is 7.65. The third-order valence-electron chi connectivity index (χ3n) is 5.67. The predicted molar refractivity (Wildman–Crippen MR) is 121 cm³/mol. The number of hydrogen-bond donors (Lipinski definition) is 3. The number of nitriles is 1. The number of benzene rings is 2. The molecule has 0 fully saturated rings. The van der Waals surface area contributed by atoms with Gasteiger partial charge in [-0.3, -0.25) is 19.0 Å². The zero-order chi connectivity index (χ0) is 25.4. The Hall–Kier alpha value is -4.82. The first-order valence-corrected chi connectivity index (χ1v) is 10.3. The predicted octanol–water partition coefficient (Wildman–Crippen LogP) is 2.98. The lowest BCUT2D eigenvalue weighted by Crippen LogP contribution is -2.25. The number of fused-ring (bicyclic) bond motifs is 2. The van der Waals surface area contributed by atoms with Crippen LogP contribution < -0.4 is 5.56 Å². The Morgan fingerprint density at radius 3 is 2.26 bits per heavy atom. The number of ketones is 2. The number of phenolic OH excluding ortho intramolecular Hbond substituents is 2. The van der Waals surface area contributed by atoms with E-state index in [1.807, 2.05) is 0 Å². The highest BCUT2D eigenvalue weighted by Crippen LogP contribution is 2.41. The van der Waals surface area contributed by atoms with Gasteiger partial charge in [0, 0.05) is 18.2 Å². The minimum absolute atomic E-state index is 0.0497. The summed E-state index contributed by atoms with van der Waals surface area (Å²) >= 11 is 0. The molecular weight excluding hydrogens is 456 g/mol. The van der Waals surface area contributed by atoms with Crippen LogP contribution in [0.15, 0.2) is 45.4 Å². The minimum atomic E-state index is -0.749. The van der Waals surface area contributed by atoms with E-state index in [0.29, 0.717) is 0 Å². The number of aromatic hydroxyl groups is 3. The molecule has 0 bridgehead atoms. The van der Waals surface area contributed by atoms with Crippen molar-refractivity contribution < 1.29 is 29.6 Å². The maximum atomic E-state index is 13.2. The van der Waals surface area contributed by atoms with Crippen LogP contribution in [0.3, 0.4) is 0 Å². The van der Waals surface area contributed by atoms with E-state index in [4.69, 9.17) is 4.74 Å². The average Bonchev–Trinajstić information content (AvgIpc) is 2.84. The molecule has 1 heterocycles. The minimum Gasteiger partial charge on any atom is -0.507 e. The van der Waals surface area contributed by atoms with Crippen LogP contribution in [0.25, 0.3) is 0 Å². The highest BCUT2D eigenvalue weighted by atomic mass is 16.5. The van der Waals surface area contributed by atoms with Gasteiger partial charge in [-0.25, -0.2) is 0 Å². The summed E-state index contributed by atoms with van der Waals surface area (Å²) < 4.78 is 5.87. The number of carbonyl (C=O) groups excluding carboxylic acids is 2. The average molecular weight is 474 g/mol. The number of rotatable bonds is 5. The first-order valence-electron chi connectivity index (χ1n) is 10.3. The lowest BCUT2D eigenvalue weighted by atomic mass is 9.82. The molecule has 2 aromatic carbocycles. The van der Waals surface area contributed by atoms with Crippen LogP contribution in [-0.4, -0.2) is 45.2 Å². The molecule has 0 saturated heterocycles. The number of methoxy groups -OCH3 is 1. The Labute approximate surface area is 197 Å². The zero-order valence-corrected chi connectivity index (χ0v) is 18.6. The molecule has 0 aliphatic heterocycles. The van der Waals surface area contributed by atoms with Gasteiger partial charge in [0.15, 0.2) is 11.5 Å². The Kier molecular flexibility index (Phi) is 5.90. The molecule has 176 valence electrons. The summed E-state index contributed by atoms with van der Waals surface area (Å²) in [4.78, 5) is 38.8. The molecular formula is C24H18N4O7. The van der Waals surface area contributed by atoms with Gasteiger partial charge in [0.2, 0.25) is 11.7 Å². The Balaban J connectivity index is 1.89. The largest absolute Gasteiger partial charge is 0.507 e. The third kappa shape index (κ3) is 3.62. The topological polar surface area (TPSA) is 175 Å². The molecule has 0 saturated carbocycles. The van der Waals surface area contributed by atoms with E-state index in [2.05, 4.69) is 10.2 Å². The third-order valence-corrected chi connectivity index (χ3v) is 5.67. The molecule has 4 rings (SSSR count). The molecule has 3 N–H and O–H groups in total. The molecule has 1 aromatic heterocycles. The van der Waals surface area contributed by atoms with Gasteiger partial charge in [-0.15, -0.1) is 10.2 Å². The first kappa shape index (κ1) is 23.3. The van der Waals surface area contributed by atoms with Crippen LogP contribution in [0.1, 0.15) is 43.0 Å². The molecule has 1 aliphatic carbocycles. The second kappa shape index (κ2) is 8.85. The molecule has 0 unspecified atom stereocenters. The monoisotopic (exact) mass is 474 g/mol. The van der Waals surface area contributed by atoms with Crippen molar-refractivity contribution in [1.82, 2.24) is 4.57 Å². The second-order valence-electron chi connectivity index (χ2n) is 7.65. The molecule has 0 atom stereocenters. The van der Waals surface area contributed by atoms with Crippen LogP contribution in [0, 0.1) is 18.3 Å². The molecule has 11 heteroatoms. The summed E-state index contributed by atoms with van der Waals surface area (Å²) in [6.45, 7) is 1.45. The summed E-state index contributed by atoms with van der Waals surface area (Å²) in [7, 11) is 1.41. The lowest BCUT2D eigenvalue weighted by molar-refractivity contribution is 0.0974. The van der Waals surface area contributed by atoms with Crippen LogP contribution >= 0.6 is 0 Å². The van der Waals surface area contributed by atoms with Gasteiger partial charge >= 0.3 is 0 Å². The number of ether oxygens (including phenoxy) is 1. The van der Waals surface area contributed by atoms with Gasteiger partial charge in [0.1, 0.15) is 23.1 Å². The summed E-state index contributed by atoms with van der Waals surface area (Å²) in [5, 5.41) is 48.5. The summed E-state index contributed by atoms with van der Waals surface area (Å²) in [6.07, 6.45) is 0. The number of hydrogen-bond acceptors (Lipinski definition) is 10. The molecule has 0 radical (unpaired) electrons. The zero-order valence-electron chi connectivity index (χ0n) is 18.6. The fourth-order valence-corrected chi connectivity index (χ4v) is 3.90. The molecule has 3 aromatic rings. The number of phenols is 2. The molecule has 35 heavy (non-hydrogen) atoms. The van der Waals surface area contributed by atoms with Crippen LogP contribution in [0.2, 0.25) is 0 Å². The van der Waals surface area contributed by atoms with Gasteiger partial charge in [-0.2, -0.15) is 5.26 Å². The Morgan fingerprint density at radius 1 is 0.971 bits per heavy atom. The summed E-state index contributed by atoms with van der Waals surface area (Å²) in [5.41, 5.74) is -1.99. The number of aromatic nitrogens is 1. The quantitative estimate of drug-likeness (QED) is 0.292. The van der Waals surface area contributed by atoms with Gasteiger partial charge < -0.3 is 20.1 Å². The van der Waals surface area contributed by atoms with Crippen molar-refractivity contribution in [1.29, 1.82) is 5.26 Å². The first-order chi connectivity index (χ1) is 16.7. The number of pyridine rings is 1. The van der Waals surface area contributed by atoms with E-state index in [1.165, 1.54) is 32.2 Å². The number of carbonyl (C=O) groups is 2. The SMILES string of the molecule is COCCn1c(O)c(/N=N/c2cccc3c2C(=O)c2c(O)ccc(O)c2C3=O)c(C)c(C#N)c1=O. The standard InChI is InChI=1S/C24H18N4O7/c1-11-13(10-25)23(33)28(8-9-35-2)24(34)20(11)27-26-14-5-3-4-12-17(14)22(32)19-16(30)7-6-15(29)18(19)21(12)31/h3-7,29-30,34H,8-9H2,1-2H3/b27-26+. The van der Waals surface area contributed by atoms with Crippen molar-refractivity contribution in [3.05, 3.63) is 74.1 Å². The van der Waals surface area contributed by atoms with Gasteiger partial charge in [-0.1, -0.05) is 12.1 Å². The summed E-state index contributed by atoms with van der Waals surface area (Å²) in [6, 6.07) is 8.24. The fourth-order valence-electron chi connectivity index (χ4n) is 3.90. The van der Waals surface area contributed by atoms with Crippen molar-refractivity contribution in [3.8, 4) is 23.4 Å². The van der Waals surface area contributed by atoms with E-state index >= 15 is 0 Å². The van der Waals surface area contributed by atoms with Crippen molar-refractivity contribution in [2.75, 3.05) is 13.7 Å². The highest BCUT2D eigenvalue weighted by molar-refractivity contribution is 6.31. The maximum Gasteiger partial charge on any atom is 0.271 e. The normalized spacial score (nSPS) is 12.5. The smallest absolute Gasteiger partial charge is 0.271 e. The van der Waals surface area contributed by atoms with Gasteiger partial charge in [0.25, 0.3) is 5.56 Å². The molecule has 11 nitrogen and oxygen atoms in total. The van der Waals surface area contributed by atoms with Crippen LogP contribution in [-0.2, 0) is 11.3 Å². The van der Waals surface area contributed by atoms with E-state index < -0.39 is 34.5 Å².